The van der Waals surface area contributed by atoms with E-state index in [0.29, 0.717) is 36.9 Å². The summed E-state index contributed by atoms with van der Waals surface area (Å²) in [7, 11) is -1.35. The Bertz CT molecular complexity index is 1300. The quantitative estimate of drug-likeness (QED) is 0.153. The van der Waals surface area contributed by atoms with Gasteiger partial charge in [-0.3, -0.25) is 0 Å². The van der Waals surface area contributed by atoms with Gasteiger partial charge >= 0.3 is 6.18 Å². The summed E-state index contributed by atoms with van der Waals surface area (Å²) in [5.74, 6) is 0.481. The molecule has 1 unspecified atom stereocenters. The van der Waals surface area contributed by atoms with Crippen molar-refractivity contribution in [3.05, 3.63) is 22.7 Å². The van der Waals surface area contributed by atoms with Crippen LogP contribution in [0.3, 0.4) is 0 Å². The van der Waals surface area contributed by atoms with Gasteiger partial charge in [0.15, 0.2) is 0 Å². The molecule has 40 heavy (non-hydrogen) atoms. The van der Waals surface area contributed by atoms with E-state index in [1.54, 1.807) is 4.68 Å². The number of hydrogen-bond acceptors (Lipinski definition) is 8. The van der Waals surface area contributed by atoms with Crippen molar-refractivity contribution in [1.29, 1.82) is 0 Å². The Morgan fingerprint density at radius 2 is 2.02 bits per heavy atom. The highest BCUT2D eigenvalue weighted by atomic mass is 35.5. The average molecular weight is 604 g/mol. The standard InChI is InChI=1S/C25H37ClF3N7O3Si/c1-16-20(30)23(36(34-16)17-7-5-9-37-14-17)39-10-6-8-31-21-19-18(25(27,28)29)13-35(22(19)33-24(26)32-21)15-38-11-12-40(2,3)4/h13,17H,5-12,14-15,30H2,1-4H3,(H,31,32,33). The zero-order chi connectivity index (χ0) is 29.1. The molecule has 1 aliphatic rings. The molecule has 0 aromatic carbocycles. The van der Waals surface area contributed by atoms with Gasteiger partial charge in [0.2, 0.25) is 11.2 Å². The number of anilines is 2. The number of alkyl halides is 3. The molecule has 1 saturated heterocycles. The third-order valence-corrected chi connectivity index (χ3v) is 8.51. The first kappa shape index (κ1) is 30.4. The summed E-state index contributed by atoms with van der Waals surface area (Å²) in [6, 6.07) is 0.933. The number of fused-ring (bicyclic) bond motifs is 1. The van der Waals surface area contributed by atoms with E-state index in [4.69, 9.17) is 31.5 Å². The first-order valence-corrected chi connectivity index (χ1v) is 17.4. The largest absolute Gasteiger partial charge is 0.476 e. The van der Waals surface area contributed by atoms with Crippen LogP contribution in [0.2, 0.25) is 31.0 Å². The number of rotatable bonds is 12. The fourth-order valence-corrected chi connectivity index (χ4v) is 5.36. The molecule has 1 fully saturated rings. The highest BCUT2D eigenvalue weighted by molar-refractivity contribution is 6.76. The zero-order valence-electron chi connectivity index (χ0n) is 23.3. The predicted octanol–water partition coefficient (Wildman–Crippen LogP) is 5.74. The van der Waals surface area contributed by atoms with Crippen LogP contribution in [0.15, 0.2) is 6.20 Å². The summed E-state index contributed by atoms with van der Waals surface area (Å²) < 4.78 is 62.4. The molecule has 3 N–H and O–H groups in total. The van der Waals surface area contributed by atoms with Crippen LogP contribution >= 0.6 is 11.6 Å². The number of nitrogens with two attached hydrogens (primary N) is 1. The Morgan fingerprint density at radius 3 is 2.70 bits per heavy atom. The Balaban J connectivity index is 1.44. The van der Waals surface area contributed by atoms with Crippen LogP contribution < -0.4 is 15.8 Å². The van der Waals surface area contributed by atoms with E-state index >= 15 is 0 Å². The van der Waals surface area contributed by atoms with E-state index in [1.165, 1.54) is 4.57 Å². The maximum Gasteiger partial charge on any atom is 0.418 e. The molecule has 3 aromatic heterocycles. The summed E-state index contributed by atoms with van der Waals surface area (Å²) in [5, 5.41) is 7.19. The van der Waals surface area contributed by atoms with Gasteiger partial charge in [0, 0.05) is 34.0 Å². The third-order valence-electron chi connectivity index (χ3n) is 6.64. The normalized spacial score (nSPS) is 16.6. The van der Waals surface area contributed by atoms with Crippen LogP contribution in [0.4, 0.5) is 24.7 Å². The van der Waals surface area contributed by atoms with Crippen LogP contribution in [0, 0.1) is 6.92 Å². The van der Waals surface area contributed by atoms with Crippen LogP contribution in [0.1, 0.15) is 36.6 Å². The van der Waals surface area contributed by atoms with E-state index in [2.05, 4.69) is 40.0 Å². The molecular formula is C25H37ClF3N7O3Si. The lowest BCUT2D eigenvalue weighted by molar-refractivity contribution is -0.136. The molecule has 4 rings (SSSR count). The fourth-order valence-electron chi connectivity index (χ4n) is 4.44. The second kappa shape index (κ2) is 12.5. The molecule has 0 amide bonds. The number of nitrogens with one attached hydrogen (secondary N) is 1. The molecular weight excluding hydrogens is 567 g/mol. The smallest absolute Gasteiger partial charge is 0.418 e. The number of nitrogen functional groups attached to an aromatic ring is 1. The molecule has 1 aliphatic heterocycles. The first-order valence-electron chi connectivity index (χ1n) is 13.4. The highest BCUT2D eigenvalue weighted by Crippen LogP contribution is 2.39. The summed E-state index contributed by atoms with van der Waals surface area (Å²) in [4.78, 5) is 8.17. The number of nitrogens with zero attached hydrogens (tertiary/aromatic N) is 5. The maximum atomic E-state index is 14.0. The number of aromatic nitrogens is 5. The van der Waals surface area contributed by atoms with E-state index in [1.807, 2.05) is 6.92 Å². The molecule has 15 heteroatoms. The van der Waals surface area contributed by atoms with Crippen LogP contribution in [0.25, 0.3) is 11.0 Å². The van der Waals surface area contributed by atoms with E-state index in [0.717, 1.165) is 31.7 Å². The number of hydrogen-bond donors (Lipinski definition) is 2. The van der Waals surface area contributed by atoms with Crippen LogP contribution in [0.5, 0.6) is 5.88 Å². The van der Waals surface area contributed by atoms with Crippen LogP contribution in [-0.4, -0.2) is 65.4 Å². The van der Waals surface area contributed by atoms with Gasteiger partial charge in [0.25, 0.3) is 0 Å². The van der Waals surface area contributed by atoms with Crippen molar-refractivity contribution in [2.75, 3.05) is 44.0 Å². The van der Waals surface area contributed by atoms with Gasteiger partial charge in [0.1, 0.15) is 23.9 Å². The van der Waals surface area contributed by atoms with E-state index in [-0.39, 0.29) is 48.1 Å². The van der Waals surface area contributed by atoms with Crippen molar-refractivity contribution in [2.24, 2.45) is 0 Å². The van der Waals surface area contributed by atoms with Gasteiger partial charge in [-0.25, -0.2) is 9.67 Å². The van der Waals surface area contributed by atoms with Gasteiger partial charge in [0.05, 0.1) is 35.9 Å². The summed E-state index contributed by atoms with van der Waals surface area (Å²) in [5.41, 5.74) is 6.54. The van der Waals surface area contributed by atoms with E-state index in [9.17, 15) is 13.2 Å². The van der Waals surface area contributed by atoms with Gasteiger partial charge in [-0.15, -0.1) is 0 Å². The minimum absolute atomic E-state index is 0.00271. The maximum absolute atomic E-state index is 14.0. The lowest BCUT2D eigenvalue weighted by atomic mass is 10.1. The first-order chi connectivity index (χ1) is 18.8. The monoisotopic (exact) mass is 603 g/mol. The molecule has 1 atom stereocenters. The second-order valence-corrected chi connectivity index (χ2v) is 17.1. The van der Waals surface area contributed by atoms with Crippen molar-refractivity contribution in [3.63, 3.8) is 0 Å². The van der Waals surface area contributed by atoms with Gasteiger partial charge in [-0.2, -0.15) is 23.3 Å². The fraction of sp³-hybridized carbons (Fsp3) is 0.640. The molecule has 0 bridgehead atoms. The molecule has 10 nitrogen and oxygen atoms in total. The zero-order valence-corrected chi connectivity index (χ0v) is 25.0. The predicted molar refractivity (Wildman–Crippen MR) is 151 cm³/mol. The van der Waals surface area contributed by atoms with Crippen LogP contribution in [-0.2, 0) is 22.4 Å². The number of aryl methyl sites for hydroxylation is 1. The van der Waals surface area contributed by atoms with Gasteiger partial charge in [-0.05, 0) is 43.8 Å². The van der Waals surface area contributed by atoms with Gasteiger partial charge < -0.3 is 29.8 Å². The molecule has 0 spiro atoms. The SMILES string of the molecule is Cc1nn(C2CCCOC2)c(OCCCNc2nc(Cl)nc3c2c(C(F)(F)F)cn3COCC[Si](C)(C)C)c1N. The van der Waals surface area contributed by atoms with Gasteiger partial charge in [-0.1, -0.05) is 19.6 Å². The summed E-state index contributed by atoms with van der Waals surface area (Å²) >= 11 is 6.12. The minimum Gasteiger partial charge on any atom is -0.476 e. The Labute approximate surface area is 237 Å². The van der Waals surface area contributed by atoms with Crippen molar-refractivity contribution in [1.82, 2.24) is 24.3 Å². The Morgan fingerprint density at radius 1 is 1.25 bits per heavy atom. The van der Waals surface area contributed by atoms with Crippen molar-refractivity contribution in [2.45, 2.75) is 70.8 Å². The Kier molecular flexibility index (Phi) is 9.53. The molecule has 0 aliphatic carbocycles. The second-order valence-electron chi connectivity index (χ2n) is 11.1. The molecule has 222 valence electrons. The molecule has 3 aromatic rings. The number of ether oxygens (including phenoxy) is 3. The van der Waals surface area contributed by atoms with E-state index < -0.39 is 19.8 Å². The van der Waals surface area contributed by atoms with Crippen molar-refractivity contribution < 1.29 is 27.4 Å². The summed E-state index contributed by atoms with van der Waals surface area (Å²) in [6.45, 7) is 10.6. The third kappa shape index (κ3) is 7.39. The topological polar surface area (TPSA) is 114 Å². The Hall–Kier alpha value is -2.55. The summed E-state index contributed by atoms with van der Waals surface area (Å²) in [6.07, 6.45) is -1.33. The highest BCUT2D eigenvalue weighted by Gasteiger charge is 2.37. The van der Waals surface area contributed by atoms with Crippen molar-refractivity contribution in [3.8, 4) is 5.88 Å². The lowest BCUT2D eigenvalue weighted by Gasteiger charge is -2.24. The number of halogens is 4. The average Bonchev–Trinajstić information content (AvgIpc) is 3.39. The minimum atomic E-state index is -4.62. The molecule has 4 heterocycles. The molecule has 0 saturated carbocycles. The lowest BCUT2D eigenvalue weighted by Crippen LogP contribution is -2.23. The van der Waals surface area contributed by atoms with Crippen molar-refractivity contribution >= 4 is 42.2 Å². The molecule has 0 radical (unpaired) electrons.